The van der Waals surface area contributed by atoms with Crippen molar-refractivity contribution in [3.63, 3.8) is 0 Å². The molecule has 1 amide bonds. The third-order valence-electron chi connectivity index (χ3n) is 2.27. The Bertz CT molecular complexity index is 408. The predicted molar refractivity (Wildman–Crippen MR) is 63.2 cm³/mol. The number of amides is 1. The summed E-state index contributed by atoms with van der Waals surface area (Å²) in [5.41, 5.74) is 14.8. The second-order valence-electron chi connectivity index (χ2n) is 3.64. The number of rotatable bonds is 3. The minimum absolute atomic E-state index is 0.267. The Labute approximate surface area is 89.8 Å². The molecular formula is C12H16N2O. The zero-order valence-corrected chi connectivity index (χ0v) is 9.08. The lowest BCUT2D eigenvalue weighted by Crippen LogP contribution is -2.07. The highest BCUT2D eigenvalue weighted by atomic mass is 16.1. The summed E-state index contributed by atoms with van der Waals surface area (Å²) in [4.78, 5) is 10.5. The van der Waals surface area contributed by atoms with Gasteiger partial charge in [-0.2, -0.15) is 0 Å². The standard InChI is InChI=1S/C12H16N2O/c1-8-7-11(13)9(2)6-10(8)4-3-5-12(14)15/h3-4,6-7H,5,13H2,1-2H3,(H2,14,15). The Morgan fingerprint density at radius 2 is 2.00 bits per heavy atom. The van der Waals surface area contributed by atoms with Crippen LogP contribution in [0.4, 0.5) is 5.69 Å². The molecule has 1 aromatic carbocycles. The third-order valence-corrected chi connectivity index (χ3v) is 2.27. The fourth-order valence-corrected chi connectivity index (χ4v) is 1.34. The number of benzene rings is 1. The van der Waals surface area contributed by atoms with Crippen molar-refractivity contribution in [2.45, 2.75) is 20.3 Å². The molecule has 3 nitrogen and oxygen atoms in total. The van der Waals surface area contributed by atoms with Crippen LogP contribution in [-0.4, -0.2) is 5.91 Å². The van der Waals surface area contributed by atoms with E-state index in [4.69, 9.17) is 11.5 Å². The lowest BCUT2D eigenvalue weighted by molar-refractivity contribution is -0.117. The van der Waals surface area contributed by atoms with Gasteiger partial charge in [-0.15, -0.1) is 0 Å². The molecule has 0 unspecified atom stereocenters. The lowest BCUT2D eigenvalue weighted by atomic mass is 10.0. The van der Waals surface area contributed by atoms with E-state index in [1.54, 1.807) is 6.08 Å². The first-order valence-corrected chi connectivity index (χ1v) is 4.82. The molecule has 0 fully saturated rings. The second-order valence-corrected chi connectivity index (χ2v) is 3.64. The maximum absolute atomic E-state index is 10.5. The average Bonchev–Trinajstić information content (AvgIpc) is 2.13. The molecule has 0 aliphatic rings. The van der Waals surface area contributed by atoms with E-state index >= 15 is 0 Å². The number of primary amides is 1. The summed E-state index contributed by atoms with van der Waals surface area (Å²) in [5, 5.41) is 0. The zero-order valence-electron chi connectivity index (χ0n) is 9.08. The van der Waals surface area contributed by atoms with Crippen molar-refractivity contribution in [1.82, 2.24) is 0 Å². The van der Waals surface area contributed by atoms with Gasteiger partial charge in [-0.05, 0) is 42.7 Å². The van der Waals surface area contributed by atoms with Gasteiger partial charge in [0.2, 0.25) is 5.91 Å². The number of nitrogens with two attached hydrogens (primary N) is 2. The molecule has 0 radical (unpaired) electrons. The van der Waals surface area contributed by atoms with Crippen molar-refractivity contribution < 1.29 is 4.79 Å². The van der Waals surface area contributed by atoms with Crippen molar-refractivity contribution >= 4 is 17.7 Å². The van der Waals surface area contributed by atoms with Gasteiger partial charge in [-0.3, -0.25) is 4.79 Å². The molecule has 1 rings (SSSR count). The van der Waals surface area contributed by atoms with E-state index in [-0.39, 0.29) is 12.3 Å². The van der Waals surface area contributed by atoms with Gasteiger partial charge < -0.3 is 11.5 Å². The Hall–Kier alpha value is -1.77. The molecule has 0 saturated carbocycles. The van der Waals surface area contributed by atoms with Crippen LogP contribution in [0, 0.1) is 13.8 Å². The van der Waals surface area contributed by atoms with Crippen LogP contribution in [0.1, 0.15) is 23.1 Å². The van der Waals surface area contributed by atoms with Gasteiger partial charge in [0, 0.05) is 12.1 Å². The number of hydrogen-bond acceptors (Lipinski definition) is 2. The fourth-order valence-electron chi connectivity index (χ4n) is 1.34. The molecule has 0 heterocycles. The minimum Gasteiger partial charge on any atom is -0.399 e. The summed E-state index contributed by atoms with van der Waals surface area (Å²) in [5.74, 6) is -0.323. The maximum atomic E-state index is 10.5. The van der Waals surface area contributed by atoms with Crippen molar-refractivity contribution in [2.75, 3.05) is 5.73 Å². The molecule has 80 valence electrons. The molecule has 0 saturated heterocycles. The molecule has 0 spiro atoms. The van der Waals surface area contributed by atoms with Crippen LogP contribution < -0.4 is 11.5 Å². The molecule has 4 N–H and O–H groups in total. The normalized spacial score (nSPS) is 10.8. The first kappa shape index (κ1) is 11.3. The van der Waals surface area contributed by atoms with Crippen LogP contribution in [0.25, 0.3) is 6.08 Å². The third kappa shape index (κ3) is 3.13. The van der Waals surface area contributed by atoms with E-state index in [0.29, 0.717) is 0 Å². The van der Waals surface area contributed by atoms with Crippen molar-refractivity contribution in [1.29, 1.82) is 0 Å². The molecule has 3 heteroatoms. The van der Waals surface area contributed by atoms with Gasteiger partial charge in [-0.1, -0.05) is 12.2 Å². The highest BCUT2D eigenvalue weighted by Gasteiger charge is 1.99. The number of aryl methyl sites for hydroxylation is 2. The van der Waals surface area contributed by atoms with E-state index in [1.165, 1.54) is 0 Å². The summed E-state index contributed by atoms with van der Waals surface area (Å²) < 4.78 is 0. The quantitative estimate of drug-likeness (QED) is 0.737. The van der Waals surface area contributed by atoms with Crippen LogP contribution >= 0.6 is 0 Å². The van der Waals surface area contributed by atoms with E-state index in [9.17, 15) is 4.79 Å². The predicted octanol–water partition coefficient (Wildman–Crippen LogP) is 1.77. The van der Waals surface area contributed by atoms with Gasteiger partial charge in [0.25, 0.3) is 0 Å². The highest BCUT2D eigenvalue weighted by Crippen LogP contribution is 2.18. The number of hydrogen-bond donors (Lipinski definition) is 2. The van der Waals surface area contributed by atoms with Crippen LogP contribution in [0.2, 0.25) is 0 Å². The van der Waals surface area contributed by atoms with Crippen LogP contribution in [0.3, 0.4) is 0 Å². The van der Waals surface area contributed by atoms with E-state index < -0.39 is 0 Å². The zero-order chi connectivity index (χ0) is 11.4. The first-order chi connectivity index (χ1) is 7.00. The van der Waals surface area contributed by atoms with Gasteiger partial charge in [0.05, 0.1) is 0 Å². The summed E-state index contributed by atoms with van der Waals surface area (Å²) in [6.45, 7) is 3.94. The Morgan fingerprint density at radius 1 is 1.33 bits per heavy atom. The van der Waals surface area contributed by atoms with Gasteiger partial charge in [0.1, 0.15) is 0 Å². The highest BCUT2D eigenvalue weighted by molar-refractivity contribution is 5.76. The van der Waals surface area contributed by atoms with Gasteiger partial charge in [-0.25, -0.2) is 0 Å². The monoisotopic (exact) mass is 204 g/mol. The van der Waals surface area contributed by atoms with Gasteiger partial charge in [0.15, 0.2) is 0 Å². The molecule has 0 aromatic heterocycles. The first-order valence-electron chi connectivity index (χ1n) is 4.82. The van der Waals surface area contributed by atoms with Gasteiger partial charge >= 0.3 is 0 Å². The fraction of sp³-hybridized carbons (Fsp3) is 0.250. The Morgan fingerprint density at radius 3 is 2.60 bits per heavy atom. The summed E-state index contributed by atoms with van der Waals surface area (Å²) in [6, 6.07) is 3.93. The molecule has 0 aliphatic carbocycles. The van der Waals surface area contributed by atoms with Crippen LogP contribution in [-0.2, 0) is 4.79 Å². The van der Waals surface area contributed by atoms with Crippen LogP contribution in [0.5, 0.6) is 0 Å². The topological polar surface area (TPSA) is 69.1 Å². The molecule has 0 aliphatic heterocycles. The summed E-state index contributed by atoms with van der Waals surface area (Å²) >= 11 is 0. The lowest BCUT2D eigenvalue weighted by Gasteiger charge is -2.05. The molecule has 15 heavy (non-hydrogen) atoms. The Kier molecular flexibility index (Phi) is 3.50. The number of nitrogen functional groups attached to an aromatic ring is 1. The Balaban J connectivity index is 2.90. The molecule has 1 aromatic rings. The minimum atomic E-state index is -0.323. The SMILES string of the molecule is Cc1cc(C=CCC(N)=O)c(C)cc1N. The summed E-state index contributed by atoms with van der Waals surface area (Å²) in [6.07, 6.45) is 3.93. The number of anilines is 1. The molecule has 0 atom stereocenters. The van der Waals surface area contributed by atoms with E-state index in [1.807, 2.05) is 32.1 Å². The number of carbonyl (C=O) groups is 1. The maximum Gasteiger partial charge on any atom is 0.221 e. The van der Waals surface area contributed by atoms with Crippen molar-refractivity contribution in [2.24, 2.45) is 5.73 Å². The largest absolute Gasteiger partial charge is 0.399 e. The van der Waals surface area contributed by atoms with E-state index in [2.05, 4.69) is 0 Å². The van der Waals surface area contributed by atoms with Crippen molar-refractivity contribution in [3.05, 3.63) is 34.9 Å². The summed E-state index contributed by atoms with van der Waals surface area (Å²) in [7, 11) is 0. The molecular weight excluding hydrogens is 188 g/mol. The van der Waals surface area contributed by atoms with Crippen LogP contribution in [0.15, 0.2) is 18.2 Å². The molecule has 0 bridgehead atoms. The van der Waals surface area contributed by atoms with E-state index in [0.717, 1.165) is 22.4 Å². The average molecular weight is 204 g/mol. The number of carbonyl (C=O) groups excluding carboxylic acids is 1. The van der Waals surface area contributed by atoms with Crippen molar-refractivity contribution in [3.8, 4) is 0 Å². The smallest absolute Gasteiger partial charge is 0.221 e. The second kappa shape index (κ2) is 4.64.